The van der Waals surface area contributed by atoms with E-state index in [1.54, 1.807) is 0 Å². The van der Waals surface area contributed by atoms with E-state index in [0.717, 1.165) is 44.3 Å². The molecule has 1 heterocycles. The maximum absolute atomic E-state index is 12.5. The Bertz CT molecular complexity index is 568. The van der Waals surface area contributed by atoms with Crippen molar-refractivity contribution in [3.05, 3.63) is 34.9 Å². The number of aliphatic hydroxyl groups is 1. The Morgan fingerprint density at radius 1 is 1.19 bits per heavy atom. The van der Waals surface area contributed by atoms with Crippen LogP contribution in [-0.2, 0) is 12.8 Å². The van der Waals surface area contributed by atoms with Crippen LogP contribution in [0.5, 0.6) is 0 Å². The SMILES string of the molecule is O=C(CN1CC2CCC(O)C2C1)c1ccc2c(c1)CCC2. The van der Waals surface area contributed by atoms with Gasteiger partial charge in [-0.2, -0.15) is 0 Å². The number of Topliss-reactive ketones (excluding diaryl/α,β-unsaturated/α-hetero) is 1. The van der Waals surface area contributed by atoms with Crippen molar-refractivity contribution < 1.29 is 9.90 Å². The predicted molar refractivity (Wildman–Crippen MR) is 81.5 cm³/mol. The van der Waals surface area contributed by atoms with Gasteiger partial charge in [-0.3, -0.25) is 9.69 Å². The number of rotatable bonds is 3. The number of benzene rings is 1. The monoisotopic (exact) mass is 285 g/mol. The summed E-state index contributed by atoms with van der Waals surface area (Å²) in [6.07, 6.45) is 5.43. The number of carbonyl (C=O) groups is 1. The van der Waals surface area contributed by atoms with Crippen LogP contribution in [0.4, 0.5) is 0 Å². The van der Waals surface area contributed by atoms with E-state index < -0.39 is 0 Å². The Morgan fingerprint density at radius 2 is 2.05 bits per heavy atom. The second-order valence-corrected chi connectivity index (χ2v) is 7.02. The fourth-order valence-electron chi connectivity index (χ4n) is 4.50. The average molecular weight is 285 g/mol. The summed E-state index contributed by atoms with van der Waals surface area (Å²) in [7, 11) is 0. The summed E-state index contributed by atoms with van der Waals surface area (Å²) >= 11 is 0. The second-order valence-electron chi connectivity index (χ2n) is 7.02. The number of fused-ring (bicyclic) bond motifs is 2. The van der Waals surface area contributed by atoms with Crippen molar-refractivity contribution in [2.45, 2.75) is 38.2 Å². The number of aryl methyl sites for hydroxylation is 2. The molecule has 1 N–H and O–H groups in total. The van der Waals surface area contributed by atoms with Gasteiger partial charge in [-0.1, -0.05) is 12.1 Å². The van der Waals surface area contributed by atoms with Gasteiger partial charge in [-0.05, 0) is 55.2 Å². The first-order valence-corrected chi connectivity index (χ1v) is 8.26. The summed E-state index contributed by atoms with van der Waals surface area (Å²) in [4.78, 5) is 14.7. The van der Waals surface area contributed by atoms with Gasteiger partial charge < -0.3 is 5.11 Å². The first-order chi connectivity index (χ1) is 10.2. The topological polar surface area (TPSA) is 40.5 Å². The molecule has 3 nitrogen and oxygen atoms in total. The maximum Gasteiger partial charge on any atom is 0.176 e. The number of aliphatic hydroxyl groups excluding tert-OH is 1. The molecule has 0 aromatic heterocycles. The van der Waals surface area contributed by atoms with Gasteiger partial charge >= 0.3 is 0 Å². The summed E-state index contributed by atoms with van der Waals surface area (Å²) in [5, 5.41) is 9.96. The Kier molecular flexibility index (Phi) is 3.35. The van der Waals surface area contributed by atoms with Gasteiger partial charge in [0.1, 0.15) is 0 Å². The number of hydrogen-bond acceptors (Lipinski definition) is 3. The number of hydrogen-bond donors (Lipinski definition) is 1. The molecule has 1 aromatic rings. The molecule has 1 aliphatic heterocycles. The zero-order chi connectivity index (χ0) is 14.4. The third kappa shape index (κ3) is 2.43. The van der Waals surface area contributed by atoms with Crippen LogP contribution in [0.25, 0.3) is 0 Å². The number of nitrogens with zero attached hydrogens (tertiary/aromatic N) is 1. The smallest absolute Gasteiger partial charge is 0.176 e. The quantitative estimate of drug-likeness (QED) is 0.864. The Balaban J connectivity index is 1.42. The molecule has 1 aromatic carbocycles. The molecule has 1 saturated heterocycles. The van der Waals surface area contributed by atoms with Gasteiger partial charge in [0.15, 0.2) is 5.78 Å². The van der Waals surface area contributed by atoms with E-state index >= 15 is 0 Å². The van der Waals surface area contributed by atoms with Crippen LogP contribution in [0, 0.1) is 11.8 Å². The van der Waals surface area contributed by atoms with Crippen molar-refractivity contribution in [3.8, 4) is 0 Å². The van der Waals surface area contributed by atoms with Gasteiger partial charge in [0.2, 0.25) is 0 Å². The lowest BCUT2D eigenvalue weighted by molar-refractivity contribution is 0.0919. The lowest BCUT2D eigenvalue weighted by Crippen LogP contribution is -2.30. The van der Waals surface area contributed by atoms with E-state index in [2.05, 4.69) is 17.0 Å². The first-order valence-electron chi connectivity index (χ1n) is 8.26. The van der Waals surface area contributed by atoms with Gasteiger partial charge in [0.25, 0.3) is 0 Å². The zero-order valence-electron chi connectivity index (χ0n) is 12.4. The van der Waals surface area contributed by atoms with Gasteiger partial charge in [-0.15, -0.1) is 0 Å². The largest absolute Gasteiger partial charge is 0.393 e. The molecule has 2 aliphatic carbocycles. The molecular weight excluding hydrogens is 262 g/mol. The molecule has 0 spiro atoms. The highest BCUT2D eigenvalue weighted by atomic mass is 16.3. The average Bonchev–Trinajstić information content (AvgIpc) is 3.16. The fraction of sp³-hybridized carbons (Fsp3) is 0.611. The number of carbonyl (C=O) groups excluding carboxylic acids is 1. The lowest BCUT2D eigenvalue weighted by Gasteiger charge is -2.17. The third-order valence-electron chi connectivity index (χ3n) is 5.68. The van der Waals surface area contributed by atoms with Crippen molar-refractivity contribution in [2.24, 2.45) is 11.8 Å². The molecule has 1 saturated carbocycles. The molecule has 3 heteroatoms. The minimum absolute atomic E-state index is 0.143. The Morgan fingerprint density at radius 3 is 2.90 bits per heavy atom. The predicted octanol–water partition coefficient (Wildman–Crippen LogP) is 2.06. The van der Waals surface area contributed by atoms with E-state index in [0.29, 0.717) is 18.4 Å². The summed E-state index contributed by atoms with van der Waals surface area (Å²) in [5.41, 5.74) is 3.66. The molecule has 112 valence electrons. The maximum atomic E-state index is 12.5. The molecule has 3 aliphatic rings. The summed E-state index contributed by atoms with van der Waals surface area (Å²) < 4.78 is 0. The molecule has 21 heavy (non-hydrogen) atoms. The van der Waals surface area contributed by atoms with E-state index in [-0.39, 0.29) is 11.9 Å². The molecule has 0 bridgehead atoms. The standard InChI is InChI=1S/C18H23NO2/c20-17-7-6-15-9-19(10-16(15)17)11-18(21)14-5-4-12-2-1-3-13(12)8-14/h4-5,8,15-17,20H,1-3,6-7,9-11H2. The van der Waals surface area contributed by atoms with Gasteiger partial charge in [-0.25, -0.2) is 0 Å². The third-order valence-corrected chi connectivity index (χ3v) is 5.68. The Labute approximate surface area is 126 Å². The first kappa shape index (κ1) is 13.5. The van der Waals surface area contributed by atoms with Crippen LogP contribution < -0.4 is 0 Å². The van der Waals surface area contributed by atoms with Crippen LogP contribution in [0.15, 0.2) is 18.2 Å². The van der Waals surface area contributed by atoms with Crippen LogP contribution in [0.1, 0.15) is 40.7 Å². The van der Waals surface area contributed by atoms with E-state index in [4.69, 9.17) is 0 Å². The van der Waals surface area contributed by atoms with Crippen LogP contribution in [-0.4, -0.2) is 41.5 Å². The van der Waals surface area contributed by atoms with Crippen LogP contribution in [0.3, 0.4) is 0 Å². The molecule has 0 radical (unpaired) electrons. The molecule has 3 atom stereocenters. The molecule has 0 amide bonds. The second kappa shape index (κ2) is 5.22. The normalized spacial score (nSPS) is 31.4. The highest BCUT2D eigenvalue weighted by Gasteiger charge is 2.42. The van der Waals surface area contributed by atoms with Crippen molar-refractivity contribution in [1.82, 2.24) is 4.90 Å². The van der Waals surface area contributed by atoms with E-state index in [1.165, 1.54) is 17.5 Å². The molecule has 2 fully saturated rings. The van der Waals surface area contributed by atoms with Crippen molar-refractivity contribution >= 4 is 5.78 Å². The van der Waals surface area contributed by atoms with E-state index in [9.17, 15) is 9.90 Å². The van der Waals surface area contributed by atoms with Gasteiger partial charge in [0.05, 0.1) is 12.6 Å². The fourth-order valence-corrected chi connectivity index (χ4v) is 4.50. The Hall–Kier alpha value is -1.19. The summed E-state index contributed by atoms with van der Waals surface area (Å²) in [6, 6.07) is 6.24. The van der Waals surface area contributed by atoms with Crippen LogP contribution >= 0.6 is 0 Å². The summed E-state index contributed by atoms with van der Waals surface area (Å²) in [5.74, 6) is 1.24. The molecule has 3 unspecified atom stereocenters. The minimum atomic E-state index is -0.143. The highest BCUT2D eigenvalue weighted by molar-refractivity contribution is 5.97. The van der Waals surface area contributed by atoms with E-state index in [1.807, 2.05) is 6.07 Å². The summed E-state index contributed by atoms with van der Waals surface area (Å²) in [6.45, 7) is 2.39. The van der Waals surface area contributed by atoms with Crippen LogP contribution in [0.2, 0.25) is 0 Å². The van der Waals surface area contributed by atoms with Crippen molar-refractivity contribution in [1.29, 1.82) is 0 Å². The molecule has 4 rings (SSSR count). The number of likely N-dealkylation sites (tertiary alicyclic amines) is 1. The molecular formula is C18H23NO2. The lowest BCUT2D eigenvalue weighted by atomic mass is 10.00. The highest BCUT2D eigenvalue weighted by Crippen LogP contribution is 2.38. The minimum Gasteiger partial charge on any atom is -0.393 e. The number of ketones is 1. The van der Waals surface area contributed by atoms with Crippen molar-refractivity contribution in [3.63, 3.8) is 0 Å². The van der Waals surface area contributed by atoms with Crippen molar-refractivity contribution in [2.75, 3.05) is 19.6 Å². The zero-order valence-corrected chi connectivity index (χ0v) is 12.4. The van der Waals surface area contributed by atoms with Gasteiger partial charge in [0, 0.05) is 24.6 Å².